The molecule has 0 saturated heterocycles. The number of hydrogen-bond acceptors (Lipinski definition) is 2. The maximum absolute atomic E-state index is 9.33. The lowest BCUT2D eigenvalue weighted by molar-refractivity contribution is 0.361. The number of hydrogen-bond donors (Lipinski definition) is 1. The van der Waals surface area contributed by atoms with Gasteiger partial charge in [-0.3, -0.25) is 0 Å². The summed E-state index contributed by atoms with van der Waals surface area (Å²) in [5, 5.41) is 13.0. The topological polar surface area (TPSA) is 35.8 Å². The zero-order valence-electron chi connectivity index (χ0n) is 11.4. The molecule has 0 aromatic heterocycles. The van der Waals surface area contributed by atoms with E-state index in [1.165, 1.54) is 24.8 Å². The first-order valence-corrected chi connectivity index (χ1v) is 7.91. The molecule has 1 aliphatic rings. The zero-order chi connectivity index (χ0) is 13.7. The Hall–Kier alpha value is -0.850. The largest absolute Gasteiger partial charge is 0.306 e. The van der Waals surface area contributed by atoms with Gasteiger partial charge in [0, 0.05) is 16.6 Å². The van der Waals surface area contributed by atoms with Gasteiger partial charge in [-0.15, -0.1) is 0 Å². The van der Waals surface area contributed by atoms with Crippen molar-refractivity contribution >= 4 is 15.9 Å². The standard InChI is InChI=1S/C16H21BrN2/c1-12(14-8-5-6-9-15(14)17)19-16-10-4-2-3-7-13(16)11-18/h5-6,8-9,12-13,16,19H,2-4,7,10H2,1H3/t12-,13?,16?/m1/s1. The van der Waals surface area contributed by atoms with Crippen molar-refractivity contribution < 1.29 is 0 Å². The van der Waals surface area contributed by atoms with Crippen LogP contribution in [-0.2, 0) is 0 Å². The zero-order valence-corrected chi connectivity index (χ0v) is 13.0. The van der Waals surface area contributed by atoms with Crippen LogP contribution in [0.5, 0.6) is 0 Å². The first-order valence-electron chi connectivity index (χ1n) is 7.12. The van der Waals surface area contributed by atoms with E-state index in [9.17, 15) is 5.26 Å². The third-order valence-corrected chi connectivity index (χ3v) is 4.74. The van der Waals surface area contributed by atoms with Crippen molar-refractivity contribution in [2.24, 2.45) is 5.92 Å². The summed E-state index contributed by atoms with van der Waals surface area (Å²) in [6.45, 7) is 2.18. The summed E-state index contributed by atoms with van der Waals surface area (Å²) in [6, 6.07) is 11.4. The SMILES string of the molecule is C[C@@H](NC1CCCCCC1C#N)c1ccccc1Br. The fourth-order valence-electron chi connectivity index (χ4n) is 2.90. The Morgan fingerprint density at radius 2 is 2.00 bits per heavy atom. The van der Waals surface area contributed by atoms with E-state index in [1.54, 1.807) is 0 Å². The molecule has 2 unspecified atom stereocenters. The molecule has 19 heavy (non-hydrogen) atoms. The van der Waals surface area contributed by atoms with Crippen LogP contribution in [0.2, 0.25) is 0 Å². The van der Waals surface area contributed by atoms with E-state index in [2.05, 4.69) is 52.4 Å². The minimum atomic E-state index is 0.160. The molecule has 102 valence electrons. The maximum Gasteiger partial charge on any atom is 0.0672 e. The molecular weight excluding hydrogens is 300 g/mol. The monoisotopic (exact) mass is 320 g/mol. The summed E-state index contributed by atoms with van der Waals surface area (Å²) in [5.74, 6) is 0.160. The van der Waals surface area contributed by atoms with E-state index in [0.717, 1.165) is 17.3 Å². The lowest BCUT2D eigenvalue weighted by Gasteiger charge is -2.26. The van der Waals surface area contributed by atoms with Crippen LogP contribution in [0.3, 0.4) is 0 Å². The molecule has 1 fully saturated rings. The average Bonchev–Trinajstić information content (AvgIpc) is 2.64. The third kappa shape index (κ3) is 3.81. The van der Waals surface area contributed by atoms with Gasteiger partial charge in [0.2, 0.25) is 0 Å². The lowest BCUT2D eigenvalue weighted by atomic mass is 9.95. The van der Waals surface area contributed by atoms with Crippen LogP contribution < -0.4 is 5.32 Å². The van der Waals surface area contributed by atoms with Gasteiger partial charge >= 0.3 is 0 Å². The molecule has 0 aliphatic heterocycles. The summed E-state index contributed by atoms with van der Waals surface area (Å²) >= 11 is 3.60. The van der Waals surface area contributed by atoms with Crippen molar-refractivity contribution in [3.63, 3.8) is 0 Å². The van der Waals surface area contributed by atoms with Gasteiger partial charge in [0.25, 0.3) is 0 Å². The van der Waals surface area contributed by atoms with E-state index in [-0.39, 0.29) is 12.0 Å². The molecule has 2 rings (SSSR count). The van der Waals surface area contributed by atoms with Crippen molar-refractivity contribution in [1.29, 1.82) is 5.26 Å². The fourth-order valence-corrected chi connectivity index (χ4v) is 3.53. The van der Waals surface area contributed by atoms with Gasteiger partial charge in [-0.2, -0.15) is 5.26 Å². The number of benzene rings is 1. The molecule has 0 bridgehead atoms. The molecule has 1 aromatic carbocycles. The molecule has 1 N–H and O–H groups in total. The van der Waals surface area contributed by atoms with Gasteiger partial charge in [0.15, 0.2) is 0 Å². The second-order valence-electron chi connectivity index (χ2n) is 5.39. The van der Waals surface area contributed by atoms with Crippen LogP contribution in [0.25, 0.3) is 0 Å². The van der Waals surface area contributed by atoms with Gasteiger partial charge in [-0.05, 0) is 31.4 Å². The van der Waals surface area contributed by atoms with E-state index in [0.29, 0.717) is 6.04 Å². The van der Waals surface area contributed by atoms with Gasteiger partial charge in [-0.1, -0.05) is 53.4 Å². The minimum absolute atomic E-state index is 0.160. The minimum Gasteiger partial charge on any atom is -0.306 e. The van der Waals surface area contributed by atoms with E-state index < -0.39 is 0 Å². The highest BCUT2D eigenvalue weighted by Gasteiger charge is 2.25. The molecule has 1 aromatic rings. The highest BCUT2D eigenvalue weighted by atomic mass is 79.9. The Labute approximate surface area is 124 Å². The van der Waals surface area contributed by atoms with Gasteiger partial charge in [0.05, 0.1) is 12.0 Å². The van der Waals surface area contributed by atoms with Crippen LogP contribution in [0.15, 0.2) is 28.7 Å². The van der Waals surface area contributed by atoms with Gasteiger partial charge < -0.3 is 5.32 Å². The Bertz CT molecular complexity index is 452. The van der Waals surface area contributed by atoms with Crippen LogP contribution in [0.4, 0.5) is 0 Å². The predicted octanol–water partition coefficient (Wildman–Crippen LogP) is 4.57. The van der Waals surface area contributed by atoms with Crippen LogP contribution >= 0.6 is 15.9 Å². The number of nitrogens with one attached hydrogen (secondary N) is 1. The Kier molecular flexibility index (Phi) is 5.42. The Morgan fingerprint density at radius 1 is 1.26 bits per heavy atom. The third-order valence-electron chi connectivity index (χ3n) is 4.02. The molecule has 1 saturated carbocycles. The molecule has 0 amide bonds. The fraction of sp³-hybridized carbons (Fsp3) is 0.562. The molecule has 2 nitrogen and oxygen atoms in total. The molecule has 3 heteroatoms. The van der Waals surface area contributed by atoms with Crippen molar-refractivity contribution in [2.75, 3.05) is 0 Å². The van der Waals surface area contributed by atoms with Crippen LogP contribution in [-0.4, -0.2) is 6.04 Å². The summed E-state index contributed by atoms with van der Waals surface area (Å²) < 4.78 is 1.14. The average molecular weight is 321 g/mol. The summed E-state index contributed by atoms with van der Waals surface area (Å²) in [7, 11) is 0. The first kappa shape index (κ1) is 14.6. The quantitative estimate of drug-likeness (QED) is 0.828. The smallest absolute Gasteiger partial charge is 0.0672 e. The second-order valence-corrected chi connectivity index (χ2v) is 6.24. The Morgan fingerprint density at radius 3 is 2.74 bits per heavy atom. The Balaban J connectivity index is 2.06. The van der Waals surface area contributed by atoms with E-state index in [4.69, 9.17) is 0 Å². The van der Waals surface area contributed by atoms with Crippen molar-refractivity contribution in [3.8, 4) is 6.07 Å². The highest BCUT2D eigenvalue weighted by Crippen LogP contribution is 2.28. The normalized spacial score (nSPS) is 25.3. The van der Waals surface area contributed by atoms with E-state index in [1.807, 2.05) is 6.07 Å². The van der Waals surface area contributed by atoms with Crippen LogP contribution in [0.1, 0.15) is 50.6 Å². The predicted molar refractivity (Wildman–Crippen MR) is 81.7 cm³/mol. The summed E-state index contributed by atoms with van der Waals surface area (Å²) in [5.41, 5.74) is 1.27. The van der Waals surface area contributed by atoms with Crippen molar-refractivity contribution in [2.45, 2.75) is 51.1 Å². The number of nitrogens with zero attached hydrogens (tertiary/aromatic N) is 1. The van der Waals surface area contributed by atoms with E-state index >= 15 is 0 Å². The summed E-state index contributed by atoms with van der Waals surface area (Å²) in [6.07, 6.45) is 5.85. The van der Waals surface area contributed by atoms with Crippen molar-refractivity contribution in [1.82, 2.24) is 5.32 Å². The highest BCUT2D eigenvalue weighted by molar-refractivity contribution is 9.10. The molecule has 0 spiro atoms. The number of halogens is 1. The van der Waals surface area contributed by atoms with Gasteiger partial charge in [-0.25, -0.2) is 0 Å². The number of rotatable bonds is 3. The van der Waals surface area contributed by atoms with Gasteiger partial charge in [0.1, 0.15) is 0 Å². The van der Waals surface area contributed by atoms with Crippen molar-refractivity contribution in [3.05, 3.63) is 34.3 Å². The molecule has 0 heterocycles. The maximum atomic E-state index is 9.33. The molecule has 0 radical (unpaired) electrons. The second kappa shape index (κ2) is 7.07. The lowest BCUT2D eigenvalue weighted by Crippen LogP contribution is -2.36. The molecular formula is C16H21BrN2. The summed E-state index contributed by atoms with van der Waals surface area (Å²) in [4.78, 5) is 0. The molecule has 1 aliphatic carbocycles. The van der Waals surface area contributed by atoms with Crippen LogP contribution in [0, 0.1) is 17.2 Å². The first-order chi connectivity index (χ1) is 9.22. The molecule has 3 atom stereocenters. The number of nitriles is 1.